The van der Waals surface area contributed by atoms with Gasteiger partial charge in [0.25, 0.3) is 11.5 Å². The number of thioether (sulfide) groups is 1. The Labute approximate surface area is 218 Å². The number of para-hydroxylation sites is 1. The summed E-state index contributed by atoms with van der Waals surface area (Å²) in [6, 6.07) is 21.8. The summed E-state index contributed by atoms with van der Waals surface area (Å²) >= 11 is 1.20. The van der Waals surface area contributed by atoms with Crippen LogP contribution in [-0.2, 0) is 11.3 Å². The zero-order valence-corrected chi connectivity index (χ0v) is 21.1. The highest BCUT2D eigenvalue weighted by atomic mass is 32.2. The van der Waals surface area contributed by atoms with Crippen LogP contribution in [0.15, 0.2) is 82.7 Å². The predicted molar refractivity (Wildman–Crippen MR) is 144 cm³/mol. The Kier molecular flexibility index (Phi) is 7.23. The molecule has 5 rings (SSSR count). The number of nitrogens with one attached hydrogen (secondary N) is 2. The summed E-state index contributed by atoms with van der Waals surface area (Å²) in [5.74, 6) is 0.407. The van der Waals surface area contributed by atoms with E-state index in [4.69, 9.17) is 4.74 Å². The summed E-state index contributed by atoms with van der Waals surface area (Å²) in [4.78, 5) is 43.1. The quantitative estimate of drug-likeness (QED) is 0.258. The SMILES string of the molecule is COc1cccc(NC(=O)CSc2nc3ccccc3c(=O)n2Cc2ccc(C(=O)NC3CC3)cc2)c1. The van der Waals surface area contributed by atoms with E-state index < -0.39 is 0 Å². The molecule has 37 heavy (non-hydrogen) atoms. The van der Waals surface area contributed by atoms with E-state index in [1.54, 1.807) is 66.3 Å². The first-order valence-corrected chi connectivity index (χ1v) is 12.9. The van der Waals surface area contributed by atoms with Crippen molar-refractivity contribution in [3.63, 3.8) is 0 Å². The molecule has 0 radical (unpaired) electrons. The molecule has 3 aromatic carbocycles. The fourth-order valence-electron chi connectivity index (χ4n) is 3.87. The number of nitrogens with zero attached hydrogens (tertiary/aromatic N) is 2. The van der Waals surface area contributed by atoms with E-state index in [0.717, 1.165) is 18.4 Å². The summed E-state index contributed by atoms with van der Waals surface area (Å²) in [7, 11) is 1.57. The number of amides is 2. The number of benzene rings is 3. The van der Waals surface area contributed by atoms with Crippen molar-refractivity contribution >= 4 is 40.2 Å². The normalized spacial score (nSPS) is 12.8. The molecule has 0 bridgehead atoms. The van der Waals surface area contributed by atoms with Gasteiger partial charge in [0.1, 0.15) is 5.75 Å². The molecule has 9 heteroatoms. The van der Waals surface area contributed by atoms with Crippen LogP contribution < -0.4 is 20.9 Å². The van der Waals surface area contributed by atoms with Gasteiger partial charge in [0.2, 0.25) is 5.91 Å². The predicted octanol–water partition coefficient (Wildman–Crippen LogP) is 4.08. The van der Waals surface area contributed by atoms with E-state index in [-0.39, 0.29) is 35.7 Å². The van der Waals surface area contributed by atoms with Gasteiger partial charge in [0, 0.05) is 23.4 Å². The second-order valence-electron chi connectivity index (χ2n) is 8.82. The molecule has 0 aliphatic heterocycles. The highest BCUT2D eigenvalue weighted by Crippen LogP contribution is 2.22. The number of anilines is 1. The van der Waals surface area contributed by atoms with E-state index in [1.165, 1.54) is 11.8 Å². The monoisotopic (exact) mass is 514 g/mol. The van der Waals surface area contributed by atoms with E-state index in [9.17, 15) is 14.4 Å². The van der Waals surface area contributed by atoms with Crippen molar-refractivity contribution < 1.29 is 14.3 Å². The van der Waals surface area contributed by atoms with Crippen molar-refractivity contribution in [3.8, 4) is 5.75 Å². The first kappa shape index (κ1) is 24.6. The summed E-state index contributed by atoms with van der Waals surface area (Å²) in [5.41, 5.74) is 2.45. The smallest absolute Gasteiger partial charge is 0.262 e. The van der Waals surface area contributed by atoms with Gasteiger partial charge in [-0.3, -0.25) is 19.0 Å². The van der Waals surface area contributed by atoms with Crippen molar-refractivity contribution in [2.24, 2.45) is 0 Å². The highest BCUT2D eigenvalue weighted by Gasteiger charge is 2.23. The molecule has 1 heterocycles. The lowest BCUT2D eigenvalue weighted by Crippen LogP contribution is -2.26. The van der Waals surface area contributed by atoms with Gasteiger partial charge in [-0.25, -0.2) is 4.98 Å². The lowest BCUT2D eigenvalue weighted by Gasteiger charge is -2.14. The van der Waals surface area contributed by atoms with E-state index in [2.05, 4.69) is 15.6 Å². The Morgan fingerprint density at radius 3 is 2.59 bits per heavy atom. The van der Waals surface area contributed by atoms with Gasteiger partial charge in [-0.1, -0.05) is 42.1 Å². The summed E-state index contributed by atoms with van der Waals surface area (Å²) < 4.78 is 6.78. The van der Waals surface area contributed by atoms with Gasteiger partial charge in [0.15, 0.2) is 5.16 Å². The van der Waals surface area contributed by atoms with Crippen LogP contribution in [0.25, 0.3) is 10.9 Å². The molecule has 0 unspecified atom stereocenters. The second kappa shape index (κ2) is 10.9. The summed E-state index contributed by atoms with van der Waals surface area (Å²) in [6.45, 7) is 0.265. The third-order valence-electron chi connectivity index (χ3n) is 5.98. The third kappa shape index (κ3) is 6.00. The molecule has 0 spiro atoms. The molecule has 1 fully saturated rings. The molecule has 188 valence electrons. The largest absolute Gasteiger partial charge is 0.497 e. The number of rotatable bonds is 9. The fraction of sp³-hybridized carbons (Fsp3) is 0.214. The van der Waals surface area contributed by atoms with Crippen LogP contribution in [0.3, 0.4) is 0 Å². The van der Waals surface area contributed by atoms with Crippen molar-refractivity contribution in [3.05, 3.63) is 94.3 Å². The molecular formula is C28H26N4O4S. The third-order valence-corrected chi connectivity index (χ3v) is 6.96. The Bertz CT molecular complexity index is 1510. The standard InChI is InChI=1S/C28H26N4O4S/c1-36-22-6-4-5-21(15-22)29-25(33)17-37-28-31-24-8-3-2-7-23(24)27(35)32(28)16-18-9-11-19(12-10-18)26(34)30-20-13-14-20/h2-12,15,20H,13-14,16-17H2,1H3,(H,29,33)(H,30,34). The lowest BCUT2D eigenvalue weighted by molar-refractivity contribution is -0.113. The van der Waals surface area contributed by atoms with Gasteiger partial charge in [-0.2, -0.15) is 0 Å². The molecule has 2 N–H and O–H groups in total. The van der Waals surface area contributed by atoms with Crippen LogP contribution in [0.1, 0.15) is 28.8 Å². The van der Waals surface area contributed by atoms with Crippen molar-refractivity contribution in [1.82, 2.24) is 14.9 Å². The van der Waals surface area contributed by atoms with Crippen LogP contribution in [0.5, 0.6) is 5.75 Å². The van der Waals surface area contributed by atoms with Crippen LogP contribution in [0.4, 0.5) is 5.69 Å². The molecule has 1 aromatic heterocycles. The Balaban J connectivity index is 1.36. The number of carbonyl (C=O) groups is 2. The number of fused-ring (bicyclic) bond motifs is 1. The number of ether oxygens (including phenoxy) is 1. The Morgan fingerprint density at radius 1 is 1.05 bits per heavy atom. The van der Waals surface area contributed by atoms with Crippen molar-refractivity contribution in [2.75, 3.05) is 18.2 Å². The number of aromatic nitrogens is 2. The fourth-order valence-corrected chi connectivity index (χ4v) is 4.66. The maximum Gasteiger partial charge on any atom is 0.262 e. The van der Waals surface area contributed by atoms with Gasteiger partial charge in [0.05, 0.1) is 30.3 Å². The summed E-state index contributed by atoms with van der Waals surface area (Å²) in [5, 5.41) is 6.78. The minimum atomic E-state index is -0.224. The van der Waals surface area contributed by atoms with Gasteiger partial charge >= 0.3 is 0 Å². The zero-order valence-electron chi connectivity index (χ0n) is 20.3. The average Bonchev–Trinajstić information content (AvgIpc) is 3.74. The Morgan fingerprint density at radius 2 is 1.84 bits per heavy atom. The molecule has 8 nitrogen and oxygen atoms in total. The summed E-state index contributed by atoms with van der Waals surface area (Å²) in [6.07, 6.45) is 2.05. The highest BCUT2D eigenvalue weighted by molar-refractivity contribution is 7.99. The molecular weight excluding hydrogens is 488 g/mol. The topological polar surface area (TPSA) is 102 Å². The molecule has 1 aliphatic carbocycles. The van der Waals surface area contributed by atoms with Crippen LogP contribution in [-0.4, -0.2) is 40.3 Å². The zero-order chi connectivity index (χ0) is 25.8. The van der Waals surface area contributed by atoms with Gasteiger partial charge in [-0.05, 0) is 54.8 Å². The molecule has 1 aliphatic rings. The molecule has 0 saturated heterocycles. The van der Waals surface area contributed by atoms with Gasteiger partial charge in [-0.15, -0.1) is 0 Å². The molecule has 0 atom stereocenters. The van der Waals surface area contributed by atoms with Crippen LogP contribution in [0, 0.1) is 0 Å². The van der Waals surface area contributed by atoms with Crippen LogP contribution in [0.2, 0.25) is 0 Å². The molecule has 4 aromatic rings. The number of hydrogen-bond acceptors (Lipinski definition) is 6. The minimum absolute atomic E-state index is 0.0717. The van der Waals surface area contributed by atoms with E-state index in [0.29, 0.717) is 33.1 Å². The average molecular weight is 515 g/mol. The first-order chi connectivity index (χ1) is 18.0. The molecule has 2 amide bonds. The van der Waals surface area contributed by atoms with Crippen molar-refractivity contribution in [1.29, 1.82) is 0 Å². The lowest BCUT2D eigenvalue weighted by atomic mass is 10.1. The second-order valence-corrected chi connectivity index (χ2v) is 9.76. The Hall–Kier alpha value is -4.11. The van der Waals surface area contributed by atoms with E-state index in [1.807, 2.05) is 18.2 Å². The number of methoxy groups -OCH3 is 1. The van der Waals surface area contributed by atoms with E-state index >= 15 is 0 Å². The molecule has 1 saturated carbocycles. The van der Waals surface area contributed by atoms with Crippen molar-refractivity contribution in [2.45, 2.75) is 30.6 Å². The van der Waals surface area contributed by atoms with Gasteiger partial charge < -0.3 is 15.4 Å². The number of carbonyl (C=O) groups excluding carboxylic acids is 2. The first-order valence-electron chi connectivity index (χ1n) is 12.0. The maximum atomic E-state index is 13.4. The minimum Gasteiger partial charge on any atom is -0.497 e. The maximum absolute atomic E-state index is 13.4. The number of hydrogen-bond donors (Lipinski definition) is 2. The van der Waals surface area contributed by atoms with Crippen LogP contribution >= 0.6 is 11.8 Å².